The maximum atomic E-state index is 13.2. The molecule has 130 valence electrons. The fourth-order valence-electron chi connectivity index (χ4n) is 2.42. The summed E-state index contributed by atoms with van der Waals surface area (Å²) in [6.45, 7) is 5.58. The molecule has 25 heavy (non-hydrogen) atoms. The van der Waals surface area contributed by atoms with Gasteiger partial charge in [-0.05, 0) is 30.5 Å². The molecule has 0 saturated carbocycles. The lowest BCUT2D eigenvalue weighted by molar-refractivity contribution is 0.102. The van der Waals surface area contributed by atoms with Crippen LogP contribution in [0, 0.1) is 12.7 Å². The Hall–Kier alpha value is -2.61. The van der Waals surface area contributed by atoms with Gasteiger partial charge in [0.1, 0.15) is 22.1 Å². The minimum Gasteiger partial charge on any atom is -0.361 e. The summed E-state index contributed by atoms with van der Waals surface area (Å²) in [5.74, 6) is -0.0857. The molecular weight excluding hydrogens is 343 g/mol. The number of aryl methyl sites for hydroxylation is 1. The van der Waals surface area contributed by atoms with Crippen LogP contribution in [-0.2, 0) is 6.42 Å². The Balaban J connectivity index is 1.73. The summed E-state index contributed by atoms with van der Waals surface area (Å²) in [6, 6.07) is 6.31. The molecule has 3 aromatic rings. The van der Waals surface area contributed by atoms with E-state index in [0.717, 1.165) is 5.56 Å². The third-order valence-corrected chi connectivity index (χ3v) is 4.43. The highest BCUT2D eigenvalue weighted by Gasteiger charge is 2.23. The van der Waals surface area contributed by atoms with Crippen LogP contribution in [0.4, 0.5) is 9.52 Å². The fraction of sp³-hybridized carbons (Fsp3) is 0.294. The third-order valence-electron chi connectivity index (χ3n) is 3.59. The lowest BCUT2D eigenvalue weighted by atomic mass is 10.0. The summed E-state index contributed by atoms with van der Waals surface area (Å²) < 4.78 is 18.4. The van der Waals surface area contributed by atoms with E-state index >= 15 is 0 Å². The van der Waals surface area contributed by atoms with Crippen LogP contribution in [0.2, 0.25) is 0 Å². The van der Waals surface area contributed by atoms with Crippen molar-refractivity contribution in [1.82, 2.24) is 15.4 Å². The molecular formula is C17H17FN4O2S. The van der Waals surface area contributed by atoms with Crippen LogP contribution >= 0.6 is 11.3 Å². The normalized spacial score (nSPS) is 11.1. The van der Waals surface area contributed by atoms with Gasteiger partial charge in [-0.1, -0.05) is 42.5 Å². The number of carbonyl (C=O) groups is 1. The highest BCUT2D eigenvalue weighted by molar-refractivity contribution is 7.15. The zero-order chi connectivity index (χ0) is 18.0. The quantitative estimate of drug-likeness (QED) is 0.745. The van der Waals surface area contributed by atoms with Crippen molar-refractivity contribution >= 4 is 22.4 Å². The molecule has 3 rings (SSSR count). The van der Waals surface area contributed by atoms with E-state index in [0.29, 0.717) is 33.6 Å². The number of hydrogen-bond acceptors (Lipinski definition) is 6. The Morgan fingerprint density at radius 2 is 2.16 bits per heavy atom. The third kappa shape index (κ3) is 3.90. The van der Waals surface area contributed by atoms with Crippen molar-refractivity contribution in [2.24, 2.45) is 0 Å². The second-order valence-corrected chi connectivity index (χ2v) is 6.98. The molecule has 0 aliphatic rings. The number of anilines is 1. The van der Waals surface area contributed by atoms with Crippen molar-refractivity contribution < 1.29 is 13.7 Å². The Morgan fingerprint density at radius 3 is 2.88 bits per heavy atom. The minimum atomic E-state index is -0.323. The smallest absolute Gasteiger partial charge is 0.263 e. The molecule has 1 aromatic carbocycles. The van der Waals surface area contributed by atoms with E-state index < -0.39 is 0 Å². The van der Waals surface area contributed by atoms with Gasteiger partial charge in [0, 0.05) is 6.42 Å². The topological polar surface area (TPSA) is 80.9 Å². The molecule has 1 amide bonds. The van der Waals surface area contributed by atoms with E-state index in [1.165, 1.54) is 23.5 Å². The maximum Gasteiger partial charge on any atom is 0.263 e. The van der Waals surface area contributed by atoms with Gasteiger partial charge in [-0.2, -0.15) is 0 Å². The van der Waals surface area contributed by atoms with Crippen LogP contribution in [0.5, 0.6) is 0 Å². The molecule has 0 spiro atoms. The van der Waals surface area contributed by atoms with E-state index in [2.05, 4.69) is 20.7 Å². The number of benzene rings is 1. The number of hydrogen-bond donors (Lipinski definition) is 1. The maximum absolute atomic E-state index is 13.2. The van der Waals surface area contributed by atoms with Crippen molar-refractivity contribution in [3.05, 3.63) is 57.7 Å². The molecule has 0 fully saturated rings. The van der Waals surface area contributed by atoms with Gasteiger partial charge >= 0.3 is 0 Å². The predicted octanol–water partition coefficient (Wildman–Crippen LogP) is 3.94. The Morgan fingerprint density at radius 1 is 1.36 bits per heavy atom. The molecule has 0 atom stereocenters. The SMILES string of the molecule is Cc1onc(C(C)C)c1C(=O)Nc1nnc(Cc2cccc(F)c2)s1. The molecule has 0 saturated heterocycles. The Bertz CT molecular complexity index is 904. The molecule has 0 bridgehead atoms. The first-order chi connectivity index (χ1) is 11.9. The van der Waals surface area contributed by atoms with E-state index in [-0.39, 0.29) is 17.6 Å². The summed E-state index contributed by atoms with van der Waals surface area (Å²) in [4.78, 5) is 12.5. The Labute approximate surface area is 148 Å². The van der Waals surface area contributed by atoms with Gasteiger partial charge in [-0.3, -0.25) is 10.1 Å². The fourth-order valence-corrected chi connectivity index (χ4v) is 3.19. The number of halogens is 1. The van der Waals surface area contributed by atoms with Gasteiger partial charge in [0.15, 0.2) is 0 Å². The molecule has 0 radical (unpaired) electrons. The molecule has 0 aliphatic heterocycles. The zero-order valence-electron chi connectivity index (χ0n) is 14.0. The summed E-state index contributed by atoms with van der Waals surface area (Å²) in [5, 5.41) is 15.8. The standard InChI is InChI=1S/C17H17FN4O2S/c1-9(2)15-14(10(3)24-22-15)16(23)19-17-21-20-13(25-17)8-11-5-4-6-12(18)7-11/h4-7,9H,8H2,1-3H3,(H,19,21,23). The van der Waals surface area contributed by atoms with Gasteiger partial charge in [-0.25, -0.2) is 4.39 Å². The van der Waals surface area contributed by atoms with Crippen molar-refractivity contribution in [3.8, 4) is 0 Å². The van der Waals surface area contributed by atoms with Crippen LogP contribution < -0.4 is 5.32 Å². The summed E-state index contributed by atoms with van der Waals surface area (Å²) in [7, 11) is 0. The molecule has 0 aliphatic carbocycles. The van der Waals surface area contributed by atoms with E-state index in [9.17, 15) is 9.18 Å². The highest BCUT2D eigenvalue weighted by atomic mass is 32.1. The second kappa shape index (κ2) is 7.10. The Kier molecular flexibility index (Phi) is 4.89. The van der Waals surface area contributed by atoms with Gasteiger partial charge in [0.25, 0.3) is 5.91 Å². The van der Waals surface area contributed by atoms with Gasteiger partial charge in [0.2, 0.25) is 5.13 Å². The number of amides is 1. The van der Waals surface area contributed by atoms with Crippen LogP contribution in [-0.4, -0.2) is 21.3 Å². The largest absolute Gasteiger partial charge is 0.361 e. The average Bonchev–Trinajstić information content (AvgIpc) is 3.14. The van der Waals surface area contributed by atoms with E-state index in [1.807, 2.05) is 19.9 Å². The van der Waals surface area contributed by atoms with Gasteiger partial charge in [-0.15, -0.1) is 10.2 Å². The summed E-state index contributed by atoms with van der Waals surface area (Å²) in [6.07, 6.45) is 0.453. The summed E-state index contributed by atoms with van der Waals surface area (Å²) in [5.41, 5.74) is 1.84. The lowest BCUT2D eigenvalue weighted by Gasteiger charge is -2.04. The number of rotatable bonds is 5. The van der Waals surface area contributed by atoms with Crippen LogP contribution in [0.1, 0.15) is 52.1 Å². The lowest BCUT2D eigenvalue weighted by Crippen LogP contribution is -2.14. The van der Waals surface area contributed by atoms with E-state index in [1.54, 1.807) is 13.0 Å². The molecule has 6 nitrogen and oxygen atoms in total. The average molecular weight is 360 g/mol. The van der Waals surface area contributed by atoms with E-state index in [4.69, 9.17) is 4.52 Å². The van der Waals surface area contributed by atoms with Crippen molar-refractivity contribution in [3.63, 3.8) is 0 Å². The highest BCUT2D eigenvalue weighted by Crippen LogP contribution is 2.24. The molecule has 2 aromatic heterocycles. The predicted molar refractivity (Wildman–Crippen MR) is 92.4 cm³/mol. The van der Waals surface area contributed by atoms with Crippen LogP contribution in [0.25, 0.3) is 0 Å². The van der Waals surface area contributed by atoms with Crippen LogP contribution in [0.3, 0.4) is 0 Å². The van der Waals surface area contributed by atoms with Crippen molar-refractivity contribution in [2.75, 3.05) is 5.32 Å². The molecule has 8 heteroatoms. The number of aromatic nitrogens is 3. The number of nitrogens with one attached hydrogen (secondary N) is 1. The van der Waals surface area contributed by atoms with Crippen molar-refractivity contribution in [2.45, 2.75) is 33.1 Å². The van der Waals surface area contributed by atoms with Crippen molar-refractivity contribution in [1.29, 1.82) is 0 Å². The number of carbonyl (C=O) groups excluding carboxylic acids is 1. The van der Waals surface area contributed by atoms with Gasteiger partial charge < -0.3 is 4.52 Å². The van der Waals surface area contributed by atoms with Crippen LogP contribution in [0.15, 0.2) is 28.8 Å². The summed E-state index contributed by atoms with van der Waals surface area (Å²) >= 11 is 1.25. The molecule has 2 heterocycles. The number of nitrogens with zero attached hydrogens (tertiary/aromatic N) is 3. The van der Waals surface area contributed by atoms with Gasteiger partial charge in [0.05, 0.1) is 5.69 Å². The first-order valence-electron chi connectivity index (χ1n) is 7.78. The molecule has 1 N–H and O–H groups in total. The minimum absolute atomic E-state index is 0.0659. The zero-order valence-corrected chi connectivity index (χ0v) is 14.9. The molecule has 0 unspecified atom stereocenters. The first-order valence-corrected chi connectivity index (χ1v) is 8.60. The second-order valence-electron chi connectivity index (χ2n) is 5.92. The monoisotopic (exact) mass is 360 g/mol. The first kappa shape index (κ1) is 17.2.